The third-order valence-corrected chi connectivity index (χ3v) is 3.19. The molecule has 1 aliphatic rings. The number of rotatable bonds is 4. The molecule has 1 N–H and O–H groups in total. The SMILES string of the molecule is CN(Cc1nccnc1Cl)C[C@@H]1CCNC1. The van der Waals surface area contributed by atoms with Crippen LogP contribution in [-0.4, -0.2) is 41.5 Å². The molecule has 4 nitrogen and oxygen atoms in total. The molecule has 1 aromatic rings. The normalized spacial score (nSPS) is 20.6. The molecule has 0 spiro atoms. The van der Waals surface area contributed by atoms with Gasteiger partial charge in [-0.1, -0.05) is 11.6 Å². The molecule has 1 aromatic heterocycles. The van der Waals surface area contributed by atoms with Crippen molar-refractivity contribution in [2.75, 3.05) is 26.7 Å². The molecule has 0 bridgehead atoms. The van der Waals surface area contributed by atoms with E-state index in [9.17, 15) is 0 Å². The Bertz CT molecular complexity index is 339. The number of nitrogens with zero attached hydrogens (tertiary/aromatic N) is 3. The number of hydrogen-bond donors (Lipinski definition) is 1. The molecule has 0 aliphatic carbocycles. The molecule has 88 valence electrons. The molecule has 1 fully saturated rings. The highest BCUT2D eigenvalue weighted by atomic mass is 35.5. The maximum Gasteiger partial charge on any atom is 0.151 e. The van der Waals surface area contributed by atoms with E-state index in [1.54, 1.807) is 12.4 Å². The molecule has 2 rings (SSSR count). The highest BCUT2D eigenvalue weighted by Gasteiger charge is 2.17. The van der Waals surface area contributed by atoms with E-state index >= 15 is 0 Å². The van der Waals surface area contributed by atoms with Crippen molar-refractivity contribution < 1.29 is 0 Å². The van der Waals surface area contributed by atoms with E-state index in [0.29, 0.717) is 5.15 Å². The summed E-state index contributed by atoms with van der Waals surface area (Å²) in [5.74, 6) is 0.750. The predicted octanol–water partition coefficient (Wildman–Crippen LogP) is 1.17. The van der Waals surface area contributed by atoms with Crippen LogP contribution in [0.2, 0.25) is 5.15 Å². The van der Waals surface area contributed by atoms with Gasteiger partial charge in [0.25, 0.3) is 0 Å². The lowest BCUT2D eigenvalue weighted by Gasteiger charge is -2.19. The van der Waals surface area contributed by atoms with Crippen LogP contribution in [0.4, 0.5) is 0 Å². The third-order valence-electron chi connectivity index (χ3n) is 2.87. The van der Waals surface area contributed by atoms with Gasteiger partial charge in [-0.3, -0.25) is 4.98 Å². The van der Waals surface area contributed by atoms with Crippen LogP contribution in [0.5, 0.6) is 0 Å². The van der Waals surface area contributed by atoms with E-state index in [-0.39, 0.29) is 0 Å². The van der Waals surface area contributed by atoms with E-state index in [4.69, 9.17) is 11.6 Å². The van der Waals surface area contributed by atoms with E-state index in [2.05, 4.69) is 27.2 Å². The van der Waals surface area contributed by atoms with Crippen molar-refractivity contribution in [3.63, 3.8) is 0 Å². The quantitative estimate of drug-likeness (QED) is 0.858. The van der Waals surface area contributed by atoms with Crippen LogP contribution >= 0.6 is 11.6 Å². The van der Waals surface area contributed by atoms with Gasteiger partial charge in [-0.2, -0.15) is 0 Å². The summed E-state index contributed by atoms with van der Waals surface area (Å²) in [5, 5.41) is 3.89. The summed E-state index contributed by atoms with van der Waals surface area (Å²) < 4.78 is 0. The number of nitrogens with one attached hydrogen (secondary N) is 1. The zero-order chi connectivity index (χ0) is 11.4. The van der Waals surface area contributed by atoms with Gasteiger partial charge < -0.3 is 10.2 Å². The van der Waals surface area contributed by atoms with E-state index < -0.39 is 0 Å². The Morgan fingerprint density at radius 1 is 1.50 bits per heavy atom. The molecular weight excluding hydrogens is 224 g/mol. The zero-order valence-electron chi connectivity index (χ0n) is 9.49. The fraction of sp³-hybridized carbons (Fsp3) is 0.636. The van der Waals surface area contributed by atoms with Gasteiger partial charge in [0, 0.05) is 25.5 Å². The van der Waals surface area contributed by atoms with Crippen molar-refractivity contribution in [1.29, 1.82) is 0 Å². The molecule has 1 aliphatic heterocycles. The molecule has 0 radical (unpaired) electrons. The van der Waals surface area contributed by atoms with Gasteiger partial charge in [-0.25, -0.2) is 4.98 Å². The van der Waals surface area contributed by atoms with Gasteiger partial charge in [0.15, 0.2) is 5.15 Å². The predicted molar refractivity (Wildman–Crippen MR) is 64.4 cm³/mol. The van der Waals surface area contributed by atoms with Crippen LogP contribution in [-0.2, 0) is 6.54 Å². The minimum Gasteiger partial charge on any atom is -0.316 e. The largest absolute Gasteiger partial charge is 0.316 e. The lowest BCUT2D eigenvalue weighted by atomic mass is 10.1. The maximum atomic E-state index is 5.97. The Hall–Kier alpha value is -0.710. The second-order valence-corrected chi connectivity index (χ2v) is 4.71. The van der Waals surface area contributed by atoms with Gasteiger partial charge in [0.1, 0.15) is 0 Å². The lowest BCUT2D eigenvalue weighted by molar-refractivity contribution is 0.275. The van der Waals surface area contributed by atoms with Crippen LogP contribution in [0.15, 0.2) is 12.4 Å². The first-order valence-electron chi connectivity index (χ1n) is 5.60. The Labute approximate surface area is 101 Å². The fourth-order valence-corrected chi connectivity index (χ4v) is 2.25. The molecule has 0 saturated carbocycles. The summed E-state index contributed by atoms with van der Waals surface area (Å²) >= 11 is 5.97. The Morgan fingerprint density at radius 3 is 3.00 bits per heavy atom. The Morgan fingerprint density at radius 2 is 2.31 bits per heavy atom. The smallest absolute Gasteiger partial charge is 0.151 e. The minimum atomic E-state index is 0.513. The average molecular weight is 241 g/mol. The van der Waals surface area contributed by atoms with E-state index in [1.807, 2.05) is 0 Å². The van der Waals surface area contributed by atoms with Crippen LogP contribution in [0, 0.1) is 5.92 Å². The summed E-state index contributed by atoms with van der Waals surface area (Å²) in [6, 6.07) is 0. The maximum absolute atomic E-state index is 5.97. The molecule has 0 aromatic carbocycles. The second kappa shape index (κ2) is 5.57. The van der Waals surface area contributed by atoms with Gasteiger partial charge in [-0.05, 0) is 32.5 Å². The number of halogens is 1. The van der Waals surface area contributed by atoms with Gasteiger partial charge in [0.05, 0.1) is 5.69 Å². The highest BCUT2D eigenvalue weighted by Crippen LogP contribution is 2.13. The molecule has 2 heterocycles. The summed E-state index contributed by atoms with van der Waals surface area (Å²) in [6.45, 7) is 4.12. The fourth-order valence-electron chi connectivity index (χ4n) is 2.09. The van der Waals surface area contributed by atoms with Gasteiger partial charge >= 0.3 is 0 Å². The summed E-state index contributed by atoms with van der Waals surface area (Å²) in [6.07, 6.45) is 4.57. The third kappa shape index (κ3) is 3.14. The van der Waals surface area contributed by atoms with Crippen molar-refractivity contribution in [2.24, 2.45) is 5.92 Å². The van der Waals surface area contributed by atoms with Crippen molar-refractivity contribution in [3.05, 3.63) is 23.2 Å². The van der Waals surface area contributed by atoms with Gasteiger partial charge in [-0.15, -0.1) is 0 Å². The highest BCUT2D eigenvalue weighted by molar-refractivity contribution is 6.29. The zero-order valence-corrected chi connectivity index (χ0v) is 10.2. The lowest BCUT2D eigenvalue weighted by Crippen LogP contribution is -2.27. The first kappa shape index (κ1) is 11.8. The molecule has 16 heavy (non-hydrogen) atoms. The first-order chi connectivity index (χ1) is 7.75. The number of hydrogen-bond acceptors (Lipinski definition) is 4. The van der Waals surface area contributed by atoms with E-state index in [0.717, 1.165) is 37.8 Å². The summed E-state index contributed by atoms with van der Waals surface area (Å²) in [7, 11) is 2.10. The van der Waals surface area contributed by atoms with Crippen molar-refractivity contribution in [3.8, 4) is 0 Å². The Kier molecular flexibility index (Phi) is 4.09. The summed E-state index contributed by atoms with van der Waals surface area (Å²) in [5.41, 5.74) is 0.859. The number of aromatic nitrogens is 2. The first-order valence-corrected chi connectivity index (χ1v) is 5.98. The van der Waals surface area contributed by atoms with Crippen LogP contribution in [0.3, 0.4) is 0 Å². The van der Waals surface area contributed by atoms with Crippen LogP contribution < -0.4 is 5.32 Å². The second-order valence-electron chi connectivity index (χ2n) is 4.35. The summed E-state index contributed by atoms with van der Waals surface area (Å²) in [4.78, 5) is 10.5. The van der Waals surface area contributed by atoms with Crippen molar-refractivity contribution in [1.82, 2.24) is 20.2 Å². The average Bonchev–Trinajstić information content (AvgIpc) is 2.74. The van der Waals surface area contributed by atoms with E-state index in [1.165, 1.54) is 6.42 Å². The molecule has 1 atom stereocenters. The molecule has 0 amide bonds. The molecule has 5 heteroatoms. The van der Waals surface area contributed by atoms with Crippen molar-refractivity contribution in [2.45, 2.75) is 13.0 Å². The van der Waals surface area contributed by atoms with Crippen molar-refractivity contribution >= 4 is 11.6 Å². The topological polar surface area (TPSA) is 41.1 Å². The molecule has 0 unspecified atom stereocenters. The van der Waals surface area contributed by atoms with Gasteiger partial charge in [0.2, 0.25) is 0 Å². The monoisotopic (exact) mass is 240 g/mol. The minimum absolute atomic E-state index is 0.513. The van der Waals surface area contributed by atoms with Crippen LogP contribution in [0.25, 0.3) is 0 Å². The molecule has 1 saturated heterocycles. The van der Waals surface area contributed by atoms with Crippen LogP contribution in [0.1, 0.15) is 12.1 Å². The Balaban J connectivity index is 1.86. The standard InChI is InChI=1S/C11H17ClN4/c1-16(7-9-2-3-13-6-9)8-10-11(12)15-5-4-14-10/h4-5,9,13H,2-3,6-8H2,1H3/t9-/m1/s1. The molecular formula is C11H17ClN4.